The molecule has 2 aliphatic rings. The average Bonchev–Trinajstić information content (AvgIpc) is 3.67. The van der Waals surface area contributed by atoms with E-state index < -0.39 is 17.2 Å². The van der Waals surface area contributed by atoms with E-state index in [-0.39, 0.29) is 36.1 Å². The van der Waals surface area contributed by atoms with Gasteiger partial charge in [0.1, 0.15) is 6.04 Å². The monoisotopic (exact) mass is 585 g/mol. The summed E-state index contributed by atoms with van der Waals surface area (Å²) in [4.78, 5) is 55.0. The molecule has 3 amide bonds. The Morgan fingerprint density at radius 1 is 1.09 bits per heavy atom. The highest BCUT2D eigenvalue weighted by molar-refractivity contribution is 5.95. The van der Waals surface area contributed by atoms with Crippen LogP contribution < -0.4 is 21.7 Å². The van der Waals surface area contributed by atoms with Crippen LogP contribution in [-0.4, -0.2) is 72.0 Å². The van der Waals surface area contributed by atoms with E-state index in [9.17, 15) is 24.4 Å². The van der Waals surface area contributed by atoms with Gasteiger partial charge in [-0.15, -0.1) is 0 Å². The van der Waals surface area contributed by atoms with E-state index in [2.05, 4.69) is 32.2 Å². The van der Waals surface area contributed by atoms with Gasteiger partial charge in [-0.1, -0.05) is 17.3 Å². The number of hydrogen-bond acceptors (Lipinski definition) is 8. The number of nitrogens with zero attached hydrogens (tertiary/aromatic N) is 3. The highest BCUT2D eigenvalue weighted by Gasteiger charge is 2.45. The number of carbonyl (C=O) groups is 3. The maximum Gasteiger partial charge on any atom is 0.438 e. The molecule has 2 heterocycles. The lowest BCUT2D eigenvalue weighted by molar-refractivity contribution is -0.130. The first kappa shape index (κ1) is 29.7. The Labute approximate surface area is 248 Å². The van der Waals surface area contributed by atoms with E-state index in [1.165, 1.54) is 0 Å². The van der Waals surface area contributed by atoms with Crippen LogP contribution in [0.2, 0.25) is 0 Å². The summed E-state index contributed by atoms with van der Waals surface area (Å²) >= 11 is 0. The molecule has 43 heavy (non-hydrogen) atoms. The topological polar surface area (TPSA) is 173 Å². The molecule has 2 aromatic carbocycles. The minimum absolute atomic E-state index is 0.0374. The summed E-state index contributed by atoms with van der Waals surface area (Å²) < 4.78 is 5.04. The number of amides is 3. The molecule has 1 aromatic heterocycles. The highest BCUT2D eigenvalue weighted by atomic mass is 16.5. The Kier molecular flexibility index (Phi) is 8.45. The van der Waals surface area contributed by atoms with Crippen molar-refractivity contribution in [2.45, 2.75) is 56.5 Å². The van der Waals surface area contributed by atoms with Crippen molar-refractivity contribution in [1.82, 2.24) is 31.0 Å². The van der Waals surface area contributed by atoms with Crippen molar-refractivity contribution < 1.29 is 18.9 Å². The lowest BCUT2D eigenvalue weighted by Crippen LogP contribution is -2.45. The van der Waals surface area contributed by atoms with Gasteiger partial charge in [0.2, 0.25) is 5.91 Å². The molecule has 0 unspecified atom stereocenters. The van der Waals surface area contributed by atoms with Crippen molar-refractivity contribution in [2.24, 2.45) is 0 Å². The first-order chi connectivity index (χ1) is 20.7. The molecule has 1 fully saturated rings. The van der Waals surface area contributed by atoms with Crippen molar-refractivity contribution in [3.63, 3.8) is 0 Å². The lowest BCUT2D eigenvalue weighted by Gasteiger charge is -2.37. The first-order valence-electron chi connectivity index (χ1n) is 14.4. The second-order valence-corrected chi connectivity index (χ2v) is 11.1. The molecule has 5 rings (SSSR count). The Morgan fingerprint density at radius 3 is 2.21 bits per heavy atom. The summed E-state index contributed by atoms with van der Waals surface area (Å²) in [6.07, 6.45) is 2.96. The second kappa shape index (κ2) is 12.2. The Balaban J connectivity index is 1.62. The SMILES string of the molecule is CNC(=O)c1ccc2c(c1)CCc1cc(C(=O)NC)ccc1C2(C[C@@H](C)NCC(=O)N1CCC[C@H]1C#N)c1noc(=O)[nH]1. The van der Waals surface area contributed by atoms with Crippen LogP contribution in [0.25, 0.3) is 0 Å². The number of rotatable bonds is 8. The van der Waals surface area contributed by atoms with Gasteiger partial charge in [0.25, 0.3) is 11.8 Å². The van der Waals surface area contributed by atoms with Crippen LogP contribution in [0.4, 0.5) is 0 Å². The molecule has 3 aromatic rings. The first-order valence-corrected chi connectivity index (χ1v) is 14.4. The van der Waals surface area contributed by atoms with E-state index >= 15 is 0 Å². The van der Waals surface area contributed by atoms with Crippen molar-refractivity contribution in [3.8, 4) is 6.07 Å². The number of H-pyrrole nitrogens is 1. The molecule has 4 N–H and O–H groups in total. The fourth-order valence-corrected chi connectivity index (χ4v) is 6.50. The zero-order valence-corrected chi connectivity index (χ0v) is 24.5. The summed E-state index contributed by atoms with van der Waals surface area (Å²) in [6.45, 7) is 2.54. The molecular formula is C31H35N7O5. The Bertz CT molecular complexity index is 1580. The molecule has 0 saturated carbocycles. The smallest absolute Gasteiger partial charge is 0.355 e. The van der Waals surface area contributed by atoms with Gasteiger partial charge in [-0.05, 0) is 85.5 Å². The average molecular weight is 586 g/mol. The van der Waals surface area contributed by atoms with Gasteiger partial charge >= 0.3 is 5.76 Å². The molecular weight excluding hydrogens is 550 g/mol. The maximum absolute atomic E-state index is 13.0. The Morgan fingerprint density at radius 2 is 1.70 bits per heavy atom. The van der Waals surface area contributed by atoms with E-state index in [0.717, 1.165) is 28.7 Å². The fraction of sp³-hybridized carbons (Fsp3) is 0.419. The summed E-state index contributed by atoms with van der Waals surface area (Å²) in [5, 5.41) is 22.3. The number of aromatic nitrogens is 2. The van der Waals surface area contributed by atoms with Crippen LogP contribution >= 0.6 is 0 Å². The van der Waals surface area contributed by atoms with Gasteiger partial charge in [0, 0.05) is 37.8 Å². The number of aryl methyl sites for hydroxylation is 2. The maximum atomic E-state index is 13.0. The van der Waals surface area contributed by atoms with Gasteiger partial charge in [0.05, 0.1) is 18.0 Å². The van der Waals surface area contributed by atoms with Gasteiger partial charge in [0.15, 0.2) is 5.82 Å². The minimum Gasteiger partial charge on any atom is -0.355 e. The molecule has 224 valence electrons. The van der Waals surface area contributed by atoms with E-state index in [4.69, 9.17) is 4.52 Å². The van der Waals surface area contributed by atoms with Crippen LogP contribution in [0, 0.1) is 11.3 Å². The molecule has 12 heteroatoms. The number of benzene rings is 2. The fourth-order valence-electron chi connectivity index (χ4n) is 6.50. The number of fused-ring (bicyclic) bond motifs is 2. The van der Waals surface area contributed by atoms with Gasteiger partial charge in [-0.3, -0.25) is 23.9 Å². The normalized spacial score (nSPS) is 17.6. The quantitative estimate of drug-likeness (QED) is 0.307. The Hall–Kier alpha value is -4.76. The standard InChI is InChI=1S/C31H35N7O5/c1-18(35-17-26(39)38-12-4-5-23(38)16-32)15-31(29-36-30(42)43-37-29)24-10-8-21(27(40)33-2)13-19(24)6-7-20-14-22(28(41)34-3)9-11-25(20)31/h8-11,13-14,18,23,35H,4-7,12,15,17H2,1-3H3,(H,33,40)(H,34,41)(H,36,37,42)/t18-,23+/m1/s1. The molecule has 0 bridgehead atoms. The van der Waals surface area contributed by atoms with Crippen LogP contribution in [0.15, 0.2) is 45.7 Å². The highest BCUT2D eigenvalue weighted by Crippen LogP contribution is 2.47. The number of hydrogen-bond donors (Lipinski definition) is 4. The van der Waals surface area contributed by atoms with Crippen LogP contribution in [0.5, 0.6) is 0 Å². The third-order valence-electron chi connectivity index (χ3n) is 8.55. The molecule has 0 radical (unpaired) electrons. The number of nitriles is 1. The summed E-state index contributed by atoms with van der Waals surface area (Å²) in [7, 11) is 3.15. The van der Waals surface area contributed by atoms with Gasteiger partial charge in [-0.25, -0.2) is 4.79 Å². The molecule has 1 aliphatic carbocycles. The molecule has 1 saturated heterocycles. The largest absolute Gasteiger partial charge is 0.438 e. The summed E-state index contributed by atoms with van der Waals surface area (Å²) in [5.41, 5.74) is 3.37. The zero-order chi connectivity index (χ0) is 30.7. The number of carbonyl (C=O) groups excluding carboxylic acids is 3. The number of aromatic amines is 1. The lowest BCUT2D eigenvalue weighted by atomic mass is 9.67. The predicted octanol–water partition coefficient (Wildman–Crippen LogP) is 1.40. The molecule has 2 atom stereocenters. The summed E-state index contributed by atoms with van der Waals surface area (Å²) in [6, 6.07) is 12.5. The third-order valence-corrected chi connectivity index (χ3v) is 8.55. The van der Waals surface area contributed by atoms with Crippen molar-refractivity contribution in [3.05, 3.63) is 86.2 Å². The van der Waals surface area contributed by atoms with Crippen LogP contribution in [0.1, 0.15) is 75.0 Å². The van der Waals surface area contributed by atoms with Crippen LogP contribution in [-0.2, 0) is 23.1 Å². The van der Waals surface area contributed by atoms with E-state index in [0.29, 0.717) is 43.4 Å². The van der Waals surface area contributed by atoms with Crippen molar-refractivity contribution in [1.29, 1.82) is 5.26 Å². The van der Waals surface area contributed by atoms with E-state index in [1.54, 1.807) is 31.1 Å². The predicted molar refractivity (Wildman–Crippen MR) is 157 cm³/mol. The minimum atomic E-state index is -1.06. The number of likely N-dealkylation sites (tertiary alicyclic amines) is 1. The second-order valence-electron chi connectivity index (χ2n) is 11.1. The molecule has 0 spiro atoms. The third kappa shape index (κ3) is 5.56. The van der Waals surface area contributed by atoms with Crippen molar-refractivity contribution >= 4 is 17.7 Å². The van der Waals surface area contributed by atoms with E-state index in [1.807, 2.05) is 31.2 Å². The van der Waals surface area contributed by atoms with Gasteiger partial charge in [-0.2, -0.15) is 5.26 Å². The number of nitrogens with one attached hydrogen (secondary N) is 4. The molecule has 12 nitrogen and oxygen atoms in total. The van der Waals surface area contributed by atoms with Crippen LogP contribution in [0.3, 0.4) is 0 Å². The zero-order valence-electron chi connectivity index (χ0n) is 24.5. The molecule has 1 aliphatic heterocycles. The van der Waals surface area contributed by atoms with Gasteiger partial charge < -0.3 is 20.9 Å². The summed E-state index contributed by atoms with van der Waals surface area (Å²) in [5.74, 6) is -1.02. The van der Waals surface area contributed by atoms with Crippen molar-refractivity contribution in [2.75, 3.05) is 27.2 Å².